The number of nitrogens with zero attached hydrogens (tertiary/aromatic N) is 1. The van der Waals surface area contributed by atoms with Crippen molar-refractivity contribution in [3.05, 3.63) is 46.4 Å². The van der Waals surface area contributed by atoms with E-state index in [2.05, 4.69) is 23.4 Å². The molecule has 9 heteroatoms. The van der Waals surface area contributed by atoms with Gasteiger partial charge in [0.25, 0.3) is 0 Å². The van der Waals surface area contributed by atoms with E-state index in [0.29, 0.717) is 17.1 Å². The maximum Gasteiger partial charge on any atom is 0.336 e. The molecule has 6 nitrogen and oxygen atoms in total. The fourth-order valence-electron chi connectivity index (χ4n) is 1.82. The molecule has 0 atom stereocenters. The van der Waals surface area contributed by atoms with Crippen molar-refractivity contribution in [3.8, 4) is 5.75 Å². The smallest absolute Gasteiger partial charge is 0.336 e. The van der Waals surface area contributed by atoms with Crippen molar-refractivity contribution in [3.63, 3.8) is 0 Å². The summed E-state index contributed by atoms with van der Waals surface area (Å²) in [5.41, 5.74) is 1.40. The maximum absolute atomic E-state index is 12.2. The molecule has 0 aliphatic heterocycles. The molecule has 126 valence electrons. The highest BCUT2D eigenvalue weighted by molar-refractivity contribution is 7.82. The van der Waals surface area contributed by atoms with Crippen LogP contribution in [0.3, 0.4) is 0 Å². The van der Waals surface area contributed by atoms with Gasteiger partial charge in [0, 0.05) is 18.3 Å². The quantitative estimate of drug-likeness (QED) is 0.462. The topological polar surface area (TPSA) is 81.7 Å². The number of nitrogens with one attached hydrogen (secondary N) is 2. The van der Waals surface area contributed by atoms with Crippen LogP contribution in [0.4, 0.5) is 21.9 Å². The number of hydrogen-bond donors (Lipinski definition) is 4. The van der Waals surface area contributed by atoms with Crippen molar-refractivity contribution in [2.24, 2.45) is 0 Å². The van der Waals surface area contributed by atoms with Crippen LogP contribution in [-0.4, -0.2) is 17.0 Å². The lowest BCUT2D eigenvalue weighted by atomic mass is 10.2. The minimum Gasteiger partial charge on any atom is -0.505 e. The predicted octanol–water partition coefficient (Wildman–Crippen LogP) is 4.54. The average molecular weight is 386 g/mol. The number of urea groups is 1. The van der Waals surface area contributed by atoms with Gasteiger partial charge in [0.1, 0.15) is 0 Å². The molecule has 0 fully saturated rings. The van der Waals surface area contributed by atoms with Crippen LogP contribution in [-0.2, 0) is 4.79 Å². The first-order chi connectivity index (χ1) is 11.3. The third kappa shape index (κ3) is 4.47. The zero-order chi connectivity index (χ0) is 17.9. The zero-order valence-corrected chi connectivity index (χ0v) is 14.8. The number of aromatic hydroxyl groups is 1. The number of amides is 3. The van der Waals surface area contributed by atoms with Gasteiger partial charge in [0.15, 0.2) is 5.75 Å². The van der Waals surface area contributed by atoms with E-state index in [1.165, 1.54) is 19.1 Å². The lowest BCUT2D eigenvalue weighted by Gasteiger charge is -2.17. The van der Waals surface area contributed by atoms with E-state index >= 15 is 0 Å². The molecule has 0 unspecified atom stereocenters. The summed E-state index contributed by atoms with van der Waals surface area (Å²) in [7, 11) is 0. The van der Waals surface area contributed by atoms with Gasteiger partial charge in [-0.25, -0.2) is 9.10 Å². The molecule has 2 rings (SSSR count). The Bertz CT molecular complexity index is 761. The van der Waals surface area contributed by atoms with Gasteiger partial charge in [0.2, 0.25) is 5.91 Å². The summed E-state index contributed by atoms with van der Waals surface area (Å²) in [5.74, 6) is -0.447. The second-order valence-corrected chi connectivity index (χ2v) is 5.97. The fourth-order valence-corrected chi connectivity index (χ4v) is 2.49. The Hall–Kier alpha value is -2.09. The molecule has 0 saturated carbocycles. The van der Waals surface area contributed by atoms with E-state index in [-0.39, 0.29) is 21.7 Å². The number of hydrogen-bond acceptors (Lipinski definition) is 4. The minimum absolute atomic E-state index is 0.0168. The van der Waals surface area contributed by atoms with Crippen molar-refractivity contribution in [2.45, 2.75) is 6.92 Å². The highest BCUT2D eigenvalue weighted by Gasteiger charge is 2.14. The van der Waals surface area contributed by atoms with Crippen LogP contribution in [0.2, 0.25) is 10.0 Å². The van der Waals surface area contributed by atoms with E-state index in [1.54, 1.807) is 24.3 Å². The molecule has 0 bridgehead atoms. The molecule has 0 radical (unpaired) electrons. The number of carbonyl (C=O) groups excluding carboxylic acids is 2. The van der Waals surface area contributed by atoms with Crippen molar-refractivity contribution < 1.29 is 14.7 Å². The Labute approximate surface area is 153 Å². The molecular formula is C15H13Cl2N3O3S. The minimum atomic E-state index is -0.552. The molecule has 2 aromatic carbocycles. The molecule has 0 aliphatic carbocycles. The number of benzene rings is 2. The van der Waals surface area contributed by atoms with E-state index in [4.69, 9.17) is 23.2 Å². The number of anilines is 3. The van der Waals surface area contributed by atoms with Crippen LogP contribution >= 0.6 is 36.0 Å². The highest BCUT2D eigenvalue weighted by Crippen LogP contribution is 2.34. The number of carbonyl (C=O) groups is 2. The molecule has 3 N–H and O–H groups in total. The standard InChI is InChI=1S/C15H13Cl2N3O3S/c1-8(21)18-9-2-4-11(5-3-9)20(24)15(23)19-10-6-12(16)14(22)13(17)7-10/h2-7,22,24H,1H3,(H,18,21)(H,19,23). The second-order valence-electron chi connectivity index (χ2n) is 4.76. The Morgan fingerprint density at radius 2 is 1.58 bits per heavy atom. The monoisotopic (exact) mass is 385 g/mol. The number of thiol groups is 1. The lowest BCUT2D eigenvalue weighted by Crippen LogP contribution is -2.26. The lowest BCUT2D eigenvalue weighted by molar-refractivity contribution is -0.114. The predicted molar refractivity (Wildman–Crippen MR) is 99.4 cm³/mol. The summed E-state index contributed by atoms with van der Waals surface area (Å²) >= 11 is 15.7. The van der Waals surface area contributed by atoms with Crippen molar-refractivity contribution in [1.82, 2.24) is 0 Å². The number of rotatable bonds is 3. The molecule has 0 saturated heterocycles. The molecule has 2 aromatic rings. The summed E-state index contributed by atoms with van der Waals surface area (Å²) in [5, 5.41) is 14.7. The largest absolute Gasteiger partial charge is 0.505 e. The molecule has 24 heavy (non-hydrogen) atoms. The van der Waals surface area contributed by atoms with Crippen LogP contribution in [0.5, 0.6) is 5.75 Å². The normalized spacial score (nSPS) is 10.2. The summed E-state index contributed by atoms with van der Waals surface area (Å²) in [6.07, 6.45) is 0. The van der Waals surface area contributed by atoms with Crippen LogP contribution in [0.1, 0.15) is 6.92 Å². The molecule has 0 aromatic heterocycles. The van der Waals surface area contributed by atoms with E-state index in [9.17, 15) is 14.7 Å². The van der Waals surface area contributed by atoms with E-state index in [1.807, 2.05) is 0 Å². The van der Waals surface area contributed by atoms with Gasteiger partial charge in [-0.05, 0) is 36.4 Å². The summed E-state index contributed by atoms with van der Waals surface area (Å²) in [6, 6.07) is 8.69. The van der Waals surface area contributed by atoms with Crippen LogP contribution in [0.25, 0.3) is 0 Å². The van der Waals surface area contributed by atoms with Gasteiger partial charge in [-0.2, -0.15) is 0 Å². The first-order valence-corrected chi connectivity index (χ1v) is 7.79. The molecule has 0 spiro atoms. The van der Waals surface area contributed by atoms with Gasteiger partial charge in [-0.3, -0.25) is 4.79 Å². The number of halogens is 2. The SMILES string of the molecule is CC(=O)Nc1ccc(N(S)C(=O)Nc2cc(Cl)c(O)c(Cl)c2)cc1. The molecular weight excluding hydrogens is 373 g/mol. The summed E-state index contributed by atoms with van der Waals surface area (Å²) in [6.45, 7) is 1.40. The van der Waals surface area contributed by atoms with E-state index in [0.717, 1.165) is 4.31 Å². The summed E-state index contributed by atoms with van der Waals surface area (Å²) < 4.78 is 1.08. The Morgan fingerprint density at radius 3 is 2.08 bits per heavy atom. The van der Waals surface area contributed by atoms with Crippen LogP contribution in [0.15, 0.2) is 36.4 Å². The Balaban J connectivity index is 2.10. The number of phenolic OH excluding ortho intramolecular Hbond substituents is 1. The van der Waals surface area contributed by atoms with Gasteiger partial charge in [-0.15, -0.1) is 0 Å². The highest BCUT2D eigenvalue weighted by atomic mass is 35.5. The first kappa shape index (κ1) is 18.3. The Morgan fingerprint density at radius 1 is 1.04 bits per heavy atom. The molecule has 0 aliphatic rings. The average Bonchev–Trinajstić information content (AvgIpc) is 2.52. The van der Waals surface area contributed by atoms with Crippen molar-refractivity contribution in [1.29, 1.82) is 0 Å². The maximum atomic E-state index is 12.2. The van der Waals surface area contributed by atoms with Gasteiger partial charge in [-0.1, -0.05) is 36.0 Å². The van der Waals surface area contributed by atoms with Crippen LogP contribution in [0, 0.1) is 0 Å². The fraction of sp³-hybridized carbons (Fsp3) is 0.0667. The third-order valence-electron chi connectivity index (χ3n) is 2.89. The van der Waals surface area contributed by atoms with Gasteiger partial charge >= 0.3 is 6.03 Å². The molecule has 0 heterocycles. The van der Waals surface area contributed by atoms with Crippen LogP contribution < -0.4 is 14.9 Å². The van der Waals surface area contributed by atoms with Gasteiger partial charge in [0.05, 0.1) is 15.7 Å². The zero-order valence-electron chi connectivity index (χ0n) is 12.4. The first-order valence-electron chi connectivity index (χ1n) is 6.63. The van der Waals surface area contributed by atoms with Crippen molar-refractivity contribution >= 4 is 65.0 Å². The summed E-state index contributed by atoms with van der Waals surface area (Å²) in [4.78, 5) is 23.2. The number of phenols is 1. The van der Waals surface area contributed by atoms with Gasteiger partial charge < -0.3 is 15.7 Å². The Kier molecular flexibility index (Phi) is 5.82. The third-order valence-corrected chi connectivity index (χ3v) is 3.88. The van der Waals surface area contributed by atoms with E-state index < -0.39 is 6.03 Å². The van der Waals surface area contributed by atoms with Crippen molar-refractivity contribution in [2.75, 3.05) is 14.9 Å². The second kappa shape index (κ2) is 7.65. The molecule has 3 amide bonds.